The summed E-state index contributed by atoms with van der Waals surface area (Å²) in [6.45, 7) is 1.77. The van der Waals surface area contributed by atoms with Crippen LogP contribution < -0.4 is 11.1 Å². The van der Waals surface area contributed by atoms with Crippen molar-refractivity contribution in [1.82, 2.24) is 4.98 Å². The van der Waals surface area contributed by atoms with E-state index in [1.807, 2.05) is 25.1 Å². The number of amides is 1. The number of aromatic nitrogens is 1. The number of carbonyl (C=O) groups is 1. The molecular weight excluding hydrogens is 419 g/mol. The van der Waals surface area contributed by atoms with Crippen LogP contribution in [0.1, 0.15) is 16.8 Å². The number of benzene rings is 2. The van der Waals surface area contributed by atoms with Gasteiger partial charge in [0.25, 0.3) is 0 Å². The topological polar surface area (TPSA) is 77.2 Å². The second-order valence-corrected chi connectivity index (χ2v) is 6.87. The fourth-order valence-corrected chi connectivity index (χ4v) is 3.06. The highest BCUT2D eigenvalue weighted by Gasteiger charge is 2.33. The Morgan fingerprint density at radius 1 is 1.17 bits per heavy atom. The molecule has 0 aliphatic carbocycles. The fraction of sp³-hybridized carbons (Fsp3) is 0.143. The third-order valence-corrected chi connectivity index (χ3v) is 4.56. The summed E-state index contributed by atoms with van der Waals surface area (Å²) in [5, 5.41) is 1.82. The number of aryl methyl sites for hydroxylation is 1. The summed E-state index contributed by atoms with van der Waals surface area (Å²) in [5.41, 5.74) is 7.77. The third kappa shape index (κ3) is 5.21. The van der Waals surface area contributed by atoms with Crippen molar-refractivity contribution < 1.29 is 22.7 Å². The van der Waals surface area contributed by atoms with E-state index in [-0.39, 0.29) is 12.3 Å². The summed E-state index contributed by atoms with van der Waals surface area (Å²) in [7, 11) is 0. The number of halogens is 4. The van der Waals surface area contributed by atoms with Gasteiger partial charge in [-0.25, -0.2) is 9.78 Å². The largest absolute Gasteiger partial charge is 0.444 e. The van der Waals surface area contributed by atoms with Gasteiger partial charge in [0.15, 0.2) is 0 Å². The SMILES string of the molecule is Cc1nc(N)ccc1-c1cccc(COC(=O)Nc2ccc(Cl)c(C(F)(F)F)c2)c1. The molecule has 0 radical (unpaired) electrons. The number of nitrogen functional groups attached to an aromatic ring is 1. The number of pyridine rings is 1. The maximum absolute atomic E-state index is 12.9. The molecule has 0 saturated carbocycles. The Morgan fingerprint density at radius 2 is 1.93 bits per heavy atom. The van der Waals surface area contributed by atoms with Gasteiger partial charge in [-0.1, -0.05) is 29.8 Å². The van der Waals surface area contributed by atoms with Crippen molar-refractivity contribution >= 4 is 29.2 Å². The summed E-state index contributed by atoms with van der Waals surface area (Å²) in [5.74, 6) is 0.420. The molecule has 1 amide bonds. The standard InChI is InChI=1S/C21H17ClF3N3O2/c1-12-16(6-8-19(26)27-12)14-4-2-3-13(9-14)11-30-20(29)28-15-5-7-18(22)17(10-15)21(23,24)25/h2-10H,11H2,1H3,(H2,26,27)(H,28,29). The number of alkyl halides is 3. The van der Waals surface area contributed by atoms with Gasteiger partial charge >= 0.3 is 12.3 Å². The smallest absolute Gasteiger partial charge is 0.417 e. The van der Waals surface area contributed by atoms with E-state index in [4.69, 9.17) is 22.1 Å². The minimum Gasteiger partial charge on any atom is -0.444 e. The third-order valence-electron chi connectivity index (χ3n) is 4.23. The predicted octanol–water partition coefficient (Wildman–Crippen LogP) is 6.06. The van der Waals surface area contributed by atoms with Gasteiger partial charge in [0.05, 0.1) is 10.6 Å². The highest BCUT2D eigenvalue weighted by atomic mass is 35.5. The van der Waals surface area contributed by atoms with Crippen LogP contribution in [-0.2, 0) is 17.5 Å². The van der Waals surface area contributed by atoms with Crippen molar-refractivity contribution in [1.29, 1.82) is 0 Å². The lowest BCUT2D eigenvalue weighted by Crippen LogP contribution is -2.14. The molecule has 3 rings (SSSR count). The number of hydrogen-bond acceptors (Lipinski definition) is 4. The van der Waals surface area contributed by atoms with Crippen molar-refractivity contribution in [2.45, 2.75) is 19.7 Å². The first-order valence-electron chi connectivity index (χ1n) is 8.76. The molecule has 0 aliphatic rings. The van der Waals surface area contributed by atoms with Crippen LogP contribution in [0.15, 0.2) is 54.6 Å². The van der Waals surface area contributed by atoms with Crippen molar-refractivity contribution in [3.05, 3.63) is 76.4 Å². The van der Waals surface area contributed by atoms with Crippen LogP contribution in [0, 0.1) is 6.92 Å². The molecule has 3 N–H and O–H groups in total. The summed E-state index contributed by atoms with van der Waals surface area (Å²) in [6, 6.07) is 13.9. The summed E-state index contributed by atoms with van der Waals surface area (Å²) >= 11 is 5.57. The Hall–Kier alpha value is -3.26. The molecule has 0 unspecified atom stereocenters. The van der Waals surface area contributed by atoms with E-state index in [9.17, 15) is 18.0 Å². The molecule has 0 saturated heterocycles. The molecule has 0 bridgehead atoms. The number of nitrogens with two attached hydrogens (primary N) is 1. The average Bonchev–Trinajstić information content (AvgIpc) is 2.67. The molecule has 0 spiro atoms. The Bertz CT molecular complexity index is 1090. The number of ether oxygens (including phenoxy) is 1. The number of carbonyl (C=O) groups excluding carboxylic acids is 1. The maximum Gasteiger partial charge on any atom is 0.417 e. The average molecular weight is 436 g/mol. The first-order valence-corrected chi connectivity index (χ1v) is 9.14. The van der Waals surface area contributed by atoms with Crippen LogP contribution in [0.2, 0.25) is 5.02 Å². The minimum atomic E-state index is -4.63. The van der Waals surface area contributed by atoms with Crippen molar-refractivity contribution in [3.8, 4) is 11.1 Å². The molecule has 156 valence electrons. The molecular formula is C21H17ClF3N3O2. The molecule has 9 heteroatoms. The Balaban J connectivity index is 1.67. The normalized spacial score (nSPS) is 11.2. The fourth-order valence-electron chi connectivity index (χ4n) is 2.84. The molecule has 0 fully saturated rings. The van der Waals surface area contributed by atoms with Gasteiger partial charge in [-0.2, -0.15) is 13.2 Å². The van der Waals surface area contributed by atoms with Gasteiger partial charge in [-0.3, -0.25) is 5.32 Å². The zero-order valence-corrected chi connectivity index (χ0v) is 16.5. The van der Waals surface area contributed by atoms with E-state index in [0.717, 1.165) is 29.0 Å². The van der Waals surface area contributed by atoms with Crippen LogP contribution in [-0.4, -0.2) is 11.1 Å². The lowest BCUT2D eigenvalue weighted by Gasteiger charge is -2.12. The van der Waals surface area contributed by atoms with Crippen LogP contribution in [0.4, 0.5) is 29.5 Å². The van der Waals surface area contributed by atoms with E-state index in [1.54, 1.807) is 18.2 Å². The highest BCUT2D eigenvalue weighted by Crippen LogP contribution is 2.36. The maximum atomic E-state index is 12.9. The Morgan fingerprint density at radius 3 is 2.63 bits per heavy atom. The minimum absolute atomic E-state index is 0.0686. The number of hydrogen-bond donors (Lipinski definition) is 2. The van der Waals surface area contributed by atoms with E-state index >= 15 is 0 Å². The Labute approximate surface area is 175 Å². The van der Waals surface area contributed by atoms with Crippen molar-refractivity contribution in [2.75, 3.05) is 11.1 Å². The first kappa shape index (κ1) is 21.4. The van der Waals surface area contributed by atoms with Gasteiger partial charge in [0.2, 0.25) is 0 Å². The molecule has 1 aromatic heterocycles. The van der Waals surface area contributed by atoms with Gasteiger partial charge < -0.3 is 10.5 Å². The summed E-state index contributed by atoms with van der Waals surface area (Å²) < 4.78 is 43.9. The zero-order valence-electron chi connectivity index (χ0n) is 15.8. The summed E-state index contributed by atoms with van der Waals surface area (Å²) in [4.78, 5) is 16.2. The van der Waals surface area contributed by atoms with Crippen LogP contribution in [0.25, 0.3) is 11.1 Å². The summed E-state index contributed by atoms with van der Waals surface area (Å²) in [6.07, 6.45) is -5.52. The van der Waals surface area contributed by atoms with E-state index < -0.39 is 22.9 Å². The lowest BCUT2D eigenvalue weighted by molar-refractivity contribution is -0.137. The molecule has 1 heterocycles. The second kappa shape index (κ2) is 8.62. The first-order chi connectivity index (χ1) is 14.1. The monoisotopic (exact) mass is 435 g/mol. The van der Waals surface area contributed by atoms with E-state index in [0.29, 0.717) is 11.4 Å². The lowest BCUT2D eigenvalue weighted by atomic mass is 10.0. The van der Waals surface area contributed by atoms with Crippen molar-refractivity contribution in [2.24, 2.45) is 0 Å². The van der Waals surface area contributed by atoms with Gasteiger partial charge in [-0.15, -0.1) is 0 Å². The number of anilines is 2. The molecule has 0 atom stereocenters. The predicted molar refractivity (Wildman–Crippen MR) is 109 cm³/mol. The van der Waals surface area contributed by atoms with Gasteiger partial charge in [-0.05, 0) is 54.4 Å². The quantitative estimate of drug-likeness (QED) is 0.522. The van der Waals surface area contributed by atoms with Gasteiger partial charge in [0.1, 0.15) is 12.4 Å². The molecule has 5 nitrogen and oxygen atoms in total. The Kier molecular flexibility index (Phi) is 6.17. The second-order valence-electron chi connectivity index (χ2n) is 6.46. The van der Waals surface area contributed by atoms with Crippen LogP contribution in [0.5, 0.6) is 0 Å². The molecule has 0 aliphatic heterocycles. The molecule has 2 aromatic carbocycles. The number of nitrogens with zero attached hydrogens (tertiary/aromatic N) is 1. The zero-order chi connectivity index (χ0) is 21.9. The number of rotatable bonds is 4. The molecule has 30 heavy (non-hydrogen) atoms. The van der Waals surface area contributed by atoms with E-state index in [1.165, 1.54) is 6.07 Å². The van der Waals surface area contributed by atoms with Crippen molar-refractivity contribution in [3.63, 3.8) is 0 Å². The molecule has 3 aromatic rings. The van der Waals surface area contributed by atoms with Gasteiger partial charge in [0, 0.05) is 16.9 Å². The van der Waals surface area contributed by atoms with E-state index in [2.05, 4.69) is 10.3 Å². The number of nitrogens with one attached hydrogen (secondary N) is 1. The van der Waals surface area contributed by atoms with Crippen LogP contribution >= 0.6 is 11.6 Å². The highest BCUT2D eigenvalue weighted by molar-refractivity contribution is 6.31. The van der Waals surface area contributed by atoms with Crippen LogP contribution in [0.3, 0.4) is 0 Å².